The van der Waals surface area contributed by atoms with Gasteiger partial charge in [-0.1, -0.05) is 0 Å². The Bertz CT molecular complexity index is 673. The number of hydrogen-bond donors (Lipinski definition) is 1. The Balaban J connectivity index is 1.66. The third-order valence-electron chi connectivity index (χ3n) is 3.82. The first-order chi connectivity index (χ1) is 10.6. The van der Waals surface area contributed by atoms with Crippen molar-refractivity contribution in [2.75, 3.05) is 18.0 Å². The number of carbonyl (C=O) groups is 1. The van der Waals surface area contributed by atoms with E-state index in [9.17, 15) is 4.79 Å². The average molecular weight is 318 g/mol. The largest absolute Gasteiger partial charge is 0.476 e. The van der Waals surface area contributed by atoms with Crippen molar-refractivity contribution in [3.63, 3.8) is 0 Å². The summed E-state index contributed by atoms with van der Waals surface area (Å²) in [5.74, 6) is 0.446. The van der Waals surface area contributed by atoms with E-state index in [4.69, 9.17) is 5.11 Å². The molecule has 0 spiro atoms. The van der Waals surface area contributed by atoms with E-state index >= 15 is 0 Å². The zero-order valence-electron chi connectivity index (χ0n) is 12.4. The monoisotopic (exact) mass is 318 g/mol. The van der Waals surface area contributed by atoms with Crippen molar-refractivity contribution < 1.29 is 9.90 Å². The van der Waals surface area contributed by atoms with E-state index < -0.39 is 5.97 Å². The van der Waals surface area contributed by atoms with Crippen LogP contribution in [-0.4, -0.2) is 39.1 Å². The first kappa shape index (κ1) is 14.9. The molecule has 1 unspecified atom stereocenters. The molecule has 3 rings (SSSR count). The second kappa shape index (κ2) is 6.39. The molecule has 1 aliphatic heterocycles. The number of thiazole rings is 1. The predicted octanol–water partition coefficient (Wildman–Crippen LogP) is 2.40. The standard InChI is InChI=1S/C15H18N4O2S/c1-10-6-16-7-13(17-10)19-4-2-3-11(8-19)5-14-18-12(9-22-14)15(20)21/h6-7,9,11H,2-5,8H2,1H3,(H,20,21). The first-order valence-corrected chi connectivity index (χ1v) is 8.21. The molecule has 0 saturated carbocycles. The van der Waals surface area contributed by atoms with Crippen molar-refractivity contribution in [3.8, 4) is 0 Å². The molecule has 6 nitrogen and oxygen atoms in total. The van der Waals surface area contributed by atoms with Crippen LogP contribution in [-0.2, 0) is 6.42 Å². The summed E-state index contributed by atoms with van der Waals surface area (Å²) in [5, 5.41) is 11.5. The molecule has 0 bridgehead atoms. The molecule has 0 amide bonds. The number of aryl methyl sites for hydroxylation is 1. The van der Waals surface area contributed by atoms with E-state index in [-0.39, 0.29) is 5.69 Å². The van der Waals surface area contributed by atoms with Crippen LogP contribution in [0.2, 0.25) is 0 Å². The quantitative estimate of drug-likeness (QED) is 0.932. The van der Waals surface area contributed by atoms with Gasteiger partial charge in [-0.05, 0) is 25.7 Å². The van der Waals surface area contributed by atoms with Crippen LogP contribution in [0.5, 0.6) is 0 Å². The lowest BCUT2D eigenvalue weighted by atomic mass is 9.95. The van der Waals surface area contributed by atoms with Crippen LogP contribution in [0.1, 0.15) is 34.0 Å². The summed E-state index contributed by atoms with van der Waals surface area (Å²) in [6.07, 6.45) is 6.64. The Morgan fingerprint density at radius 1 is 1.45 bits per heavy atom. The maximum Gasteiger partial charge on any atom is 0.355 e. The van der Waals surface area contributed by atoms with E-state index in [2.05, 4.69) is 19.9 Å². The fourth-order valence-electron chi connectivity index (χ4n) is 2.79. The molecule has 1 aliphatic rings. The highest BCUT2D eigenvalue weighted by molar-refractivity contribution is 7.09. The summed E-state index contributed by atoms with van der Waals surface area (Å²) in [4.78, 5) is 26.1. The van der Waals surface area contributed by atoms with Crippen LogP contribution in [0, 0.1) is 12.8 Å². The fraction of sp³-hybridized carbons (Fsp3) is 0.467. The molecule has 2 aromatic rings. The van der Waals surface area contributed by atoms with Crippen molar-refractivity contribution in [2.45, 2.75) is 26.2 Å². The molecule has 0 aromatic carbocycles. The third-order valence-corrected chi connectivity index (χ3v) is 4.69. The summed E-state index contributed by atoms with van der Waals surface area (Å²) in [5.41, 5.74) is 1.07. The van der Waals surface area contributed by atoms with Gasteiger partial charge in [-0.2, -0.15) is 0 Å². The SMILES string of the molecule is Cc1cncc(N2CCCC(Cc3nc(C(=O)O)cs3)C2)n1. The molecule has 116 valence electrons. The molecule has 3 heterocycles. The number of carboxylic acids is 1. The summed E-state index contributed by atoms with van der Waals surface area (Å²) in [7, 11) is 0. The second-order valence-electron chi connectivity index (χ2n) is 5.61. The first-order valence-electron chi connectivity index (χ1n) is 7.33. The summed E-state index contributed by atoms with van der Waals surface area (Å²) in [6.45, 7) is 3.86. The van der Waals surface area contributed by atoms with Gasteiger partial charge in [0.05, 0.1) is 16.9 Å². The van der Waals surface area contributed by atoms with Gasteiger partial charge in [0.15, 0.2) is 5.69 Å². The molecule has 2 aromatic heterocycles. The maximum absolute atomic E-state index is 10.9. The van der Waals surface area contributed by atoms with E-state index in [1.807, 2.05) is 6.92 Å². The van der Waals surface area contributed by atoms with Gasteiger partial charge in [-0.15, -0.1) is 11.3 Å². The Hall–Kier alpha value is -2.02. The Morgan fingerprint density at radius 3 is 3.05 bits per heavy atom. The van der Waals surface area contributed by atoms with Crippen molar-refractivity contribution >= 4 is 23.1 Å². The Kier molecular flexibility index (Phi) is 4.33. The zero-order chi connectivity index (χ0) is 15.5. The summed E-state index contributed by atoms with van der Waals surface area (Å²) >= 11 is 1.43. The lowest BCUT2D eigenvalue weighted by Gasteiger charge is -2.33. The van der Waals surface area contributed by atoms with Gasteiger partial charge in [-0.25, -0.2) is 14.8 Å². The van der Waals surface area contributed by atoms with Crippen LogP contribution < -0.4 is 4.90 Å². The topological polar surface area (TPSA) is 79.2 Å². The number of rotatable bonds is 4. The molecule has 1 saturated heterocycles. The van der Waals surface area contributed by atoms with E-state index in [1.54, 1.807) is 17.8 Å². The van der Waals surface area contributed by atoms with Crippen molar-refractivity contribution in [1.82, 2.24) is 15.0 Å². The van der Waals surface area contributed by atoms with Gasteiger partial charge in [0.25, 0.3) is 0 Å². The molecule has 0 aliphatic carbocycles. The molecular formula is C15H18N4O2S. The van der Waals surface area contributed by atoms with Crippen LogP contribution in [0.3, 0.4) is 0 Å². The molecule has 1 fully saturated rings. The van der Waals surface area contributed by atoms with E-state index in [0.717, 1.165) is 48.9 Å². The number of aromatic carboxylic acids is 1. The third kappa shape index (κ3) is 3.41. The fourth-order valence-corrected chi connectivity index (χ4v) is 3.68. The van der Waals surface area contributed by atoms with Gasteiger partial charge >= 0.3 is 5.97 Å². The molecule has 0 radical (unpaired) electrons. The van der Waals surface area contributed by atoms with Gasteiger partial charge < -0.3 is 10.0 Å². The van der Waals surface area contributed by atoms with Crippen molar-refractivity contribution in [2.24, 2.45) is 5.92 Å². The lowest BCUT2D eigenvalue weighted by molar-refractivity contribution is 0.0691. The van der Waals surface area contributed by atoms with E-state index in [0.29, 0.717) is 5.92 Å². The highest BCUT2D eigenvalue weighted by Gasteiger charge is 2.23. The van der Waals surface area contributed by atoms with Gasteiger partial charge in [0.1, 0.15) is 5.82 Å². The number of aromatic nitrogens is 3. The van der Waals surface area contributed by atoms with Gasteiger partial charge in [0.2, 0.25) is 0 Å². The minimum atomic E-state index is -0.956. The van der Waals surface area contributed by atoms with Crippen LogP contribution in [0.15, 0.2) is 17.8 Å². The lowest BCUT2D eigenvalue weighted by Crippen LogP contribution is -2.36. The Morgan fingerprint density at radius 2 is 2.32 bits per heavy atom. The minimum Gasteiger partial charge on any atom is -0.476 e. The average Bonchev–Trinajstić information content (AvgIpc) is 2.96. The summed E-state index contributed by atoms with van der Waals surface area (Å²) < 4.78 is 0. The highest BCUT2D eigenvalue weighted by Crippen LogP contribution is 2.25. The van der Waals surface area contributed by atoms with Crippen LogP contribution in [0.4, 0.5) is 5.82 Å². The number of piperidine rings is 1. The predicted molar refractivity (Wildman–Crippen MR) is 84.5 cm³/mol. The molecule has 7 heteroatoms. The minimum absolute atomic E-state index is 0.150. The van der Waals surface area contributed by atoms with Gasteiger partial charge in [0, 0.05) is 31.1 Å². The molecule has 1 atom stereocenters. The molecule has 22 heavy (non-hydrogen) atoms. The molecular weight excluding hydrogens is 300 g/mol. The second-order valence-corrected chi connectivity index (χ2v) is 6.55. The Labute approximate surface area is 132 Å². The number of carboxylic acid groups (broad SMARTS) is 1. The van der Waals surface area contributed by atoms with Crippen LogP contribution in [0.25, 0.3) is 0 Å². The van der Waals surface area contributed by atoms with Crippen molar-refractivity contribution in [1.29, 1.82) is 0 Å². The van der Waals surface area contributed by atoms with E-state index in [1.165, 1.54) is 11.3 Å². The smallest absolute Gasteiger partial charge is 0.355 e. The van der Waals surface area contributed by atoms with Crippen molar-refractivity contribution in [3.05, 3.63) is 34.2 Å². The van der Waals surface area contributed by atoms with Crippen LogP contribution >= 0.6 is 11.3 Å². The molecule has 1 N–H and O–H groups in total. The maximum atomic E-state index is 10.9. The zero-order valence-corrected chi connectivity index (χ0v) is 13.2. The number of hydrogen-bond acceptors (Lipinski definition) is 6. The number of anilines is 1. The number of nitrogens with zero attached hydrogens (tertiary/aromatic N) is 4. The summed E-state index contributed by atoms with van der Waals surface area (Å²) in [6, 6.07) is 0. The normalized spacial score (nSPS) is 18.4. The van der Waals surface area contributed by atoms with Gasteiger partial charge in [-0.3, -0.25) is 4.98 Å². The highest BCUT2D eigenvalue weighted by atomic mass is 32.1.